The maximum absolute atomic E-state index is 12.1. The highest BCUT2D eigenvalue weighted by atomic mass is 79.9. The standard InChI is InChI=1S/C14H11BrClN3O2/c15-11-6-8(4-5-12(11)16)13(20)18-9-2-1-3-10(7-9)19-14(17)21/h1-7H,(H,18,20)(H3,17,19,21). The number of amides is 3. The second-order valence-electron chi connectivity index (χ2n) is 4.15. The maximum atomic E-state index is 12.1. The number of rotatable bonds is 3. The first-order valence-electron chi connectivity index (χ1n) is 5.88. The Kier molecular flexibility index (Phi) is 4.82. The highest BCUT2D eigenvalue weighted by Gasteiger charge is 2.08. The zero-order valence-corrected chi connectivity index (χ0v) is 13.0. The van der Waals surface area contributed by atoms with E-state index in [1.807, 2.05) is 0 Å². The van der Waals surface area contributed by atoms with Gasteiger partial charge in [-0.1, -0.05) is 17.7 Å². The second-order valence-corrected chi connectivity index (χ2v) is 5.41. The Bertz CT molecular complexity index is 706. The highest BCUT2D eigenvalue weighted by molar-refractivity contribution is 9.10. The molecule has 5 nitrogen and oxygen atoms in total. The van der Waals surface area contributed by atoms with Crippen molar-refractivity contribution in [2.45, 2.75) is 0 Å². The quantitative estimate of drug-likeness (QED) is 0.769. The molecule has 108 valence electrons. The summed E-state index contributed by atoms with van der Waals surface area (Å²) in [5, 5.41) is 5.69. The molecule has 0 spiro atoms. The molecule has 7 heteroatoms. The summed E-state index contributed by atoms with van der Waals surface area (Å²) < 4.78 is 0.640. The van der Waals surface area contributed by atoms with E-state index in [0.29, 0.717) is 26.4 Å². The van der Waals surface area contributed by atoms with Crippen molar-refractivity contribution in [3.05, 3.63) is 57.5 Å². The van der Waals surface area contributed by atoms with Crippen molar-refractivity contribution in [3.8, 4) is 0 Å². The maximum Gasteiger partial charge on any atom is 0.316 e. The van der Waals surface area contributed by atoms with Crippen molar-refractivity contribution >= 4 is 50.8 Å². The van der Waals surface area contributed by atoms with E-state index in [-0.39, 0.29) is 5.91 Å². The van der Waals surface area contributed by atoms with Crippen LogP contribution in [0.2, 0.25) is 5.02 Å². The predicted molar refractivity (Wildman–Crippen MR) is 86.8 cm³/mol. The molecule has 0 aromatic heterocycles. The summed E-state index contributed by atoms with van der Waals surface area (Å²) in [6, 6.07) is 10.9. The summed E-state index contributed by atoms with van der Waals surface area (Å²) in [4.78, 5) is 22.9. The Morgan fingerprint density at radius 2 is 1.71 bits per heavy atom. The zero-order chi connectivity index (χ0) is 15.4. The molecule has 0 aliphatic heterocycles. The van der Waals surface area contributed by atoms with Gasteiger partial charge in [-0.15, -0.1) is 0 Å². The van der Waals surface area contributed by atoms with E-state index in [1.165, 1.54) is 0 Å². The summed E-state index contributed by atoms with van der Waals surface area (Å²) in [7, 11) is 0. The highest BCUT2D eigenvalue weighted by Crippen LogP contribution is 2.24. The normalized spacial score (nSPS) is 10.0. The monoisotopic (exact) mass is 367 g/mol. The van der Waals surface area contributed by atoms with E-state index in [1.54, 1.807) is 42.5 Å². The summed E-state index contributed by atoms with van der Waals surface area (Å²) in [5.74, 6) is -0.288. The molecule has 0 saturated carbocycles. The van der Waals surface area contributed by atoms with Crippen molar-refractivity contribution in [3.63, 3.8) is 0 Å². The van der Waals surface area contributed by atoms with Crippen LogP contribution in [0.25, 0.3) is 0 Å². The lowest BCUT2D eigenvalue weighted by Gasteiger charge is -2.08. The molecule has 0 bridgehead atoms. The Labute approximate surface area is 134 Å². The number of halogens is 2. The number of primary amides is 1. The number of carbonyl (C=O) groups excluding carboxylic acids is 2. The fraction of sp³-hybridized carbons (Fsp3) is 0. The number of hydrogen-bond acceptors (Lipinski definition) is 2. The second kappa shape index (κ2) is 6.60. The molecule has 3 amide bonds. The molecule has 21 heavy (non-hydrogen) atoms. The molecule has 0 heterocycles. The number of anilines is 2. The van der Waals surface area contributed by atoms with Gasteiger partial charge in [0.05, 0.1) is 5.02 Å². The Morgan fingerprint density at radius 3 is 2.33 bits per heavy atom. The van der Waals surface area contributed by atoms with Crippen LogP contribution in [0.5, 0.6) is 0 Å². The number of nitrogens with two attached hydrogens (primary N) is 1. The summed E-state index contributed by atoms with van der Waals surface area (Å²) in [5.41, 5.74) is 6.54. The van der Waals surface area contributed by atoms with Gasteiger partial charge in [0, 0.05) is 21.4 Å². The number of nitrogens with one attached hydrogen (secondary N) is 2. The third kappa shape index (κ3) is 4.21. The van der Waals surface area contributed by atoms with Gasteiger partial charge in [0.15, 0.2) is 0 Å². The van der Waals surface area contributed by atoms with Gasteiger partial charge >= 0.3 is 6.03 Å². The van der Waals surface area contributed by atoms with E-state index < -0.39 is 6.03 Å². The molecule has 0 aliphatic rings. The van der Waals surface area contributed by atoms with Gasteiger partial charge in [0.25, 0.3) is 5.91 Å². The van der Waals surface area contributed by atoms with E-state index >= 15 is 0 Å². The number of carbonyl (C=O) groups is 2. The Morgan fingerprint density at radius 1 is 1.05 bits per heavy atom. The SMILES string of the molecule is NC(=O)Nc1cccc(NC(=O)c2ccc(Cl)c(Br)c2)c1. The van der Waals surface area contributed by atoms with Crippen LogP contribution in [0, 0.1) is 0 Å². The molecule has 4 N–H and O–H groups in total. The van der Waals surface area contributed by atoms with Crippen molar-refractivity contribution in [2.75, 3.05) is 10.6 Å². The van der Waals surface area contributed by atoms with Crippen LogP contribution in [0.3, 0.4) is 0 Å². The van der Waals surface area contributed by atoms with Crippen LogP contribution in [-0.4, -0.2) is 11.9 Å². The fourth-order valence-electron chi connectivity index (χ4n) is 1.66. The van der Waals surface area contributed by atoms with Crippen LogP contribution in [0.4, 0.5) is 16.2 Å². The number of hydrogen-bond donors (Lipinski definition) is 3. The molecule has 0 saturated heterocycles. The van der Waals surface area contributed by atoms with Crippen LogP contribution >= 0.6 is 27.5 Å². The topological polar surface area (TPSA) is 84.2 Å². The van der Waals surface area contributed by atoms with Gasteiger partial charge in [0.2, 0.25) is 0 Å². The van der Waals surface area contributed by atoms with Crippen molar-refractivity contribution in [1.29, 1.82) is 0 Å². The van der Waals surface area contributed by atoms with Gasteiger partial charge in [-0.2, -0.15) is 0 Å². The number of urea groups is 1. The average Bonchev–Trinajstić information content (AvgIpc) is 2.41. The number of benzene rings is 2. The van der Waals surface area contributed by atoms with Gasteiger partial charge < -0.3 is 16.4 Å². The van der Waals surface area contributed by atoms with E-state index in [9.17, 15) is 9.59 Å². The molecule has 0 radical (unpaired) electrons. The first-order chi connectivity index (χ1) is 9.95. The molecule has 0 fully saturated rings. The van der Waals surface area contributed by atoms with Gasteiger partial charge in [-0.05, 0) is 52.3 Å². The third-order valence-electron chi connectivity index (χ3n) is 2.57. The van der Waals surface area contributed by atoms with Crippen molar-refractivity contribution < 1.29 is 9.59 Å². The average molecular weight is 369 g/mol. The van der Waals surface area contributed by atoms with Gasteiger partial charge in [0.1, 0.15) is 0 Å². The smallest absolute Gasteiger partial charge is 0.316 e. The minimum atomic E-state index is -0.667. The minimum Gasteiger partial charge on any atom is -0.351 e. The van der Waals surface area contributed by atoms with Gasteiger partial charge in [-0.3, -0.25) is 4.79 Å². The van der Waals surface area contributed by atoms with Crippen LogP contribution in [0.15, 0.2) is 46.9 Å². The first kappa shape index (κ1) is 15.3. The lowest BCUT2D eigenvalue weighted by Crippen LogP contribution is -2.19. The molecule has 2 aromatic carbocycles. The molecule has 2 aromatic rings. The van der Waals surface area contributed by atoms with E-state index in [4.69, 9.17) is 17.3 Å². The van der Waals surface area contributed by atoms with Gasteiger partial charge in [-0.25, -0.2) is 4.79 Å². The zero-order valence-electron chi connectivity index (χ0n) is 10.7. The summed E-state index contributed by atoms with van der Waals surface area (Å²) >= 11 is 9.15. The lowest BCUT2D eigenvalue weighted by molar-refractivity contribution is 0.102. The Hall–Kier alpha value is -2.05. The molecule has 0 aliphatic carbocycles. The van der Waals surface area contributed by atoms with Crippen LogP contribution in [-0.2, 0) is 0 Å². The first-order valence-corrected chi connectivity index (χ1v) is 7.06. The molecule has 0 unspecified atom stereocenters. The fourth-order valence-corrected chi connectivity index (χ4v) is 2.15. The van der Waals surface area contributed by atoms with Crippen LogP contribution < -0.4 is 16.4 Å². The summed E-state index contributed by atoms with van der Waals surface area (Å²) in [6.45, 7) is 0. The Balaban J connectivity index is 2.15. The molecule has 2 rings (SSSR count). The van der Waals surface area contributed by atoms with Crippen molar-refractivity contribution in [2.24, 2.45) is 5.73 Å². The van der Waals surface area contributed by atoms with E-state index in [0.717, 1.165) is 0 Å². The molecular formula is C14H11BrClN3O2. The lowest BCUT2D eigenvalue weighted by atomic mass is 10.2. The third-order valence-corrected chi connectivity index (χ3v) is 3.78. The summed E-state index contributed by atoms with van der Waals surface area (Å²) in [6.07, 6.45) is 0. The predicted octanol–water partition coefficient (Wildman–Crippen LogP) is 3.85. The minimum absolute atomic E-state index is 0.288. The van der Waals surface area contributed by atoms with Crippen LogP contribution in [0.1, 0.15) is 10.4 Å². The molecule has 0 atom stereocenters. The molecular weight excluding hydrogens is 358 g/mol. The largest absolute Gasteiger partial charge is 0.351 e. The van der Waals surface area contributed by atoms with E-state index in [2.05, 4.69) is 26.6 Å². The van der Waals surface area contributed by atoms with Crippen molar-refractivity contribution in [1.82, 2.24) is 0 Å².